The van der Waals surface area contributed by atoms with E-state index in [0.717, 1.165) is 0 Å². The Kier molecular flexibility index (Phi) is 2.38. The third-order valence-corrected chi connectivity index (χ3v) is 3.77. The van der Waals surface area contributed by atoms with Gasteiger partial charge in [0.25, 0.3) is 0 Å². The zero-order valence-electron chi connectivity index (χ0n) is 6.07. The van der Waals surface area contributed by atoms with Gasteiger partial charge in [0.15, 0.2) is 10.3 Å². The van der Waals surface area contributed by atoms with Crippen molar-refractivity contribution < 1.29 is 8.81 Å². The summed E-state index contributed by atoms with van der Waals surface area (Å²) in [6.07, 6.45) is 0. The summed E-state index contributed by atoms with van der Waals surface area (Å²) >= 11 is 12.2. The summed E-state index contributed by atoms with van der Waals surface area (Å²) in [4.78, 5) is 0. The number of rotatable bonds is 0. The minimum Gasteiger partial charge on any atom is -0.447 e. The fraction of sp³-hybridized carbons (Fsp3) is 0. The molecule has 1 heterocycles. The van der Waals surface area contributed by atoms with Crippen LogP contribution in [-0.4, -0.2) is 0 Å². The second kappa shape index (κ2) is 3.26. The van der Waals surface area contributed by atoms with E-state index in [1.807, 2.05) is 0 Å². The van der Waals surface area contributed by atoms with Crippen molar-refractivity contribution in [1.29, 1.82) is 0 Å². The van der Waals surface area contributed by atoms with Crippen molar-refractivity contribution >= 4 is 54.4 Å². The van der Waals surface area contributed by atoms with Gasteiger partial charge in [0.05, 0.1) is 9.50 Å². The van der Waals surface area contributed by atoms with Gasteiger partial charge in [-0.2, -0.15) is 0 Å². The van der Waals surface area contributed by atoms with Crippen LogP contribution in [0.2, 0.25) is 5.02 Å². The summed E-state index contributed by atoms with van der Waals surface area (Å²) in [6.45, 7) is 0. The molecule has 5 heteroatoms. The molecule has 0 N–H and O–H groups in total. The normalized spacial score (nSPS) is 11.1. The molecule has 0 spiro atoms. The standard InChI is InChI=1S/C8H2Br2ClFO/c9-6-4-1-3(12)2-5(11)7(4)13-8(6)10/h1-2H. The van der Waals surface area contributed by atoms with Crippen LogP contribution in [0, 0.1) is 5.82 Å². The van der Waals surface area contributed by atoms with E-state index in [4.69, 9.17) is 16.0 Å². The van der Waals surface area contributed by atoms with Crippen LogP contribution >= 0.6 is 43.5 Å². The second-order valence-electron chi connectivity index (χ2n) is 2.45. The molecule has 0 saturated heterocycles. The zero-order chi connectivity index (χ0) is 9.59. The first-order valence-electron chi connectivity index (χ1n) is 3.32. The van der Waals surface area contributed by atoms with Gasteiger partial charge >= 0.3 is 0 Å². The monoisotopic (exact) mass is 326 g/mol. The van der Waals surface area contributed by atoms with Crippen molar-refractivity contribution in [2.75, 3.05) is 0 Å². The Hall–Kier alpha value is -0.0600. The number of halogens is 4. The van der Waals surface area contributed by atoms with Gasteiger partial charge in [0.1, 0.15) is 5.82 Å². The highest BCUT2D eigenvalue weighted by atomic mass is 79.9. The second-order valence-corrected chi connectivity index (χ2v) is 4.37. The van der Waals surface area contributed by atoms with E-state index in [2.05, 4.69) is 31.9 Å². The molecule has 1 aromatic heterocycles. The van der Waals surface area contributed by atoms with Crippen molar-refractivity contribution in [2.45, 2.75) is 0 Å². The highest BCUT2D eigenvalue weighted by Gasteiger charge is 2.13. The predicted octanol–water partition coefficient (Wildman–Crippen LogP) is 4.75. The molecule has 1 nitrogen and oxygen atoms in total. The number of hydrogen-bond acceptors (Lipinski definition) is 1. The van der Waals surface area contributed by atoms with Crippen molar-refractivity contribution in [1.82, 2.24) is 0 Å². The van der Waals surface area contributed by atoms with E-state index in [-0.39, 0.29) is 10.8 Å². The first kappa shape index (κ1) is 9.49. The maximum atomic E-state index is 12.9. The molecule has 0 saturated carbocycles. The van der Waals surface area contributed by atoms with Crippen molar-refractivity contribution in [3.05, 3.63) is 32.1 Å². The van der Waals surface area contributed by atoms with Crippen LogP contribution in [0.4, 0.5) is 4.39 Å². The molecule has 2 aromatic rings. The Bertz CT molecular complexity index is 480. The lowest BCUT2D eigenvalue weighted by Gasteiger charge is -1.92. The fourth-order valence-corrected chi connectivity index (χ4v) is 2.06. The maximum absolute atomic E-state index is 12.9. The number of benzene rings is 1. The van der Waals surface area contributed by atoms with Crippen LogP contribution in [0.25, 0.3) is 11.0 Å². The number of hydrogen-bond donors (Lipinski definition) is 0. The van der Waals surface area contributed by atoms with Gasteiger partial charge in [0.2, 0.25) is 0 Å². The SMILES string of the molecule is Fc1cc(Cl)c2oc(Br)c(Br)c2c1. The lowest BCUT2D eigenvalue weighted by molar-refractivity contribution is 0.583. The molecule has 1 aromatic carbocycles. The van der Waals surface area contributed by atoms with Crippen molar-refractivity contribution in [3.63, 3.8) is 0 Å². The maximum Gasteiger partial charge on any atom is 0.184 e. The average molecular weight is 328 g/mol. The van der Waals surface area contributed by atoms with Crippen LogP contribution in [0.1, 0.15) is 0 Å². The summed E-state index contributed by atoms with van der Waals surface area (Å²) in [5.41, 5.74) is 0.474. The number of fused-ring (bicyclic) bond motifs is 1. The van der Waals surface area contributed by atoms with Gasteiger partial charge in [-0.05, 0) is 44.0 Å². The van der Waals surface area contributed by atoms with E-state index in [0.29, 0.717) is 20.1 Å². The molecule has 13 heavy (non-hydrogen) atoms. The average Bonchev–Trinajstić information content (AvgIpc) is 2.32. The molecular weight excluding hydrogens is 326 g/mol. The van der Waals surface area contributed by atoms with Gasteiger partial charge < -0.3 is 4.42 Å². The highest BCUT2D eigenvalue weighted by molar-refractivity contribution is 9.13. The first-order valence-corrected chi connectivity index (χ1v) is 5.28. The lowest BCUT2D eigenvalue weighted by atomic mass is 10.2. The Labute approximate surface area is 95.1 Å². The third-order valence-electron chi connectivity index (χ3n) is 1.61. The smallest absolute Gasteiger partial charge is 0.184 e. The minimum atomic E-state index is -0.383. The van der Waals surface area contributed by atoms with E-state index in [9.17, 15) is 4.39 Å². The van der Waals surface area contributed by atoms with Crippen molar-refractivity contribution in [2.24, 2.45) is 0 Å². The fourth-order valence-electron chi connectivity index (χ4n) is 1.07. The Balaban J connectivity index is 2.94. The lowest BCUT2D eigenvalue weighted by Crippen LogP contribution is -1.74. The molecule has 68 valence electrons. The summed E-state index contributed by atoms with van der Waals surface area (Å²) < 4.78 is 19.4. The summed E-state index contributed by atoms with van der Waals surface area (Å²) in [7, 11) is 0. The van der Waals surface area contributed by atoms with E-state index in [1.165, 1.54) is 12.1 Å². The first-order chi connectivity index (χ1) is 6.09. The largest absolute Gasteiger partial charge is 0.447 e. The Morgan fingerprint density at radius 2 is 2.00 bits per heavy atom. The molecule has 0 bridgehead atoms. The van der Waals surface area contributed by atoms with E-state index in [1.54, 1.807) is 0 Å². The van der Waals surface area contributed by atoms with Gasteiger partial charge in [-0.15, -0.1) is 0 Å². The molecule has 0 radical (unpaired) electrons. The highest BCUT2D eigenvalue weighted by Crippen LogP contribution is 2.38. The molecular formula is C8H2Br2ClFO. The van der Waals surface area contributed by atoms with Crippen molar-refractivity contribution in [3.8, 4) is 0 Å². The molecule has 0 atom stereocenters. The Morgan fingerprint density at radius 1 is 1.31 bits per heavy atom. The molecule has 0 amide bonds. The van der Waals surface area contributed by atoms with Crippen LogP contribution in [0.3, 0.4) is 0 Å². The molecule has 2 rings (SSSR count). The third kappa shape index (κ3) is 1.51. The Morgan fingerprint density at radius 3 is 2.69 bits per heavy atom. The summed E-state index contributed by atoms with van der Waals surface area (Å²) in [6, 6.07) is 2.58. The zero-order valence-corrected chi connectivity index (χ0v) is 10.0. The topological polar surface area (TPSA) is 13.1 Å². The van der Waals surface area contributed by atoms with Gasteiger partial charge in [-0.3, -0.25) is 0 Å². The van der Waals surface area contributed by atoms with Gasteiger partial charge in [-0.25, -0.2) is 4.39 Å². The molecule has 0 fully saturated rings. The van der Waals surface area contributed by atoms with Gasteiger partial charge in [-0.1, -0.05) is 11.6 Å². The van der Waals surface area contributed by atoms with E-state index < -0.39 is 0 Å². The molecule has 0 unspecified atom stereocenters. The van der Waals surface area contributed by atoms with Crippen LogP contribution in [0.5, 0.6) is 0 Å². The minimum absolute atomic E-state index is 0.265. The molecule has 0 aliphatic heterocycles. The van der Waals surface area contributed by atoms with Crippen LogP contribution < -0.4 is 0 Å². The quantitative estimate of drug-likeness (QED) is 0.680. The number of furan rings is 1. The summed E-state index contributed by atoms with van der Waals surface area (Å²) in [5.74, 6) is -0.383. The van der Waals surface area contributed by atoms with Crippen LogP contribution in [-0.2, 0) is 0 Å². The molecule has 0 aliphatic rings. The van der Waals surface area contributed by atoms with E-state index >= 15 is 0 Å². The molecule has 0 aliphatic carbocycles. The summed E-state index contributed by atoms with van der Waals surface area (Å²) in [5, 5.41) is 0.887. The van der Waals surface area contributed by atoms with Gasteiger partial charge in [0, 0.05) is 5.39 Å². The predicted molar refractivity (Wildman–Crippen MR) is 56.6 cm³/mol. The van der Waals surface area contributed by atoms with Crippen LogP contribution in [0.15, 0.2) is 25.7 Å².